The van der Waals surface area contributed by atoms with E-state index >= 15 is 0 Å². The van der Waals surface area contributed by atoms with E-state index in [9.17, 15) is 24.1 Å². The molecule has 0 aliphatic heterocycles. The molecule has 2 aromatic rings. The highest BCUT2D eigenvalue weighted by atomic mass is 19.1. The van der Waals surface area contributed by atoms with Gasteiger partial charge in [0, 0.05) is 6.07 Å². The first-order valence-corrected chi connectivity index (χ1v) is 6.96. The second kappa shape index (κ2) is 7.86. The van der Waals surface area contributed by atoms with Gasteiger partial charge in [0.2, 0.25) is 0 Å². The molecule has 1 N–H and O–H groups in total. The molecule has 0 spiro atoms. The number of anilines is 1. The van der Waals surface area contributed by atoms with Crippen molar-refractivity contribution in [1.82, 2.24) is 0 Å². The highest BCUT2D eigenvalue weighted by Crippen LogP contribution is 2.28. The molecule has 25 heavy (non-hydrogen) atoms. The number of methoxy groups -OCH3 is 1. The fraction of sp³-hybridized carbons (Fsp3) is 0.125. The van der Waals surface area contributed by atoms with Crippen LogP contribution in [0.4, 0.5) is 15.8 Å². The topological polar surface area (TPSA) is 108 Å². The zero-order chi connectivity index (χ0) is 18.4. The minimum absolute atomic E-state index is 0.0722. The van der Waals surface area contributed by atoms with Gasteiger partial charge in [0.1, 0.15) is 11.6 Å². The Morgan fingerprint density at radius 2 is 1.96 bits per heavy atom. The van der Waals surface area contributed by atoms with Crippen molar-refractivity contribution in [2.24, 2.45) is 0 Å². The zero-order valence-electron chi connectivity index (χ0n) is 13.0. The van der Waals surface area contributed by atoms with Gasteiger partial charge in [-0.1, -0.05) is 12.1 Å². The first-order chi connectivity index (χ1) is 11.9. The Morgan fingerprint density at radius 1 is 1.24 bits per heavy atom. The lowest BCUT2D eigenvalue weighted by Gasteiger charge is -2.10. The third-order valence-electron chi connectivity index (χ3n) is 3.10. The summed E-state index contributed by atoms with van der Waals surface area (Å²) in [5.41, 5.74) is -0.330. The Labute approximate surface area is 141 Å². The van der Waals surface area contributed by atoms with Gasteiger partial charge < -0.3 is 14.8 Å². The average molecular weight is 348 g/mol. The van der Waals surface area contributed by atoms with Gasteiger partial charge in [-0.25, -0.2) is 9.18 Å². The van der Waals surface area contributed by atoms with E-state index in [0.29, 0.717) is 0 Å². The predicted molar refractivity (Wildman–Crippen MR) is 85.0 cm³/mol. The lowest BCUT2D eigenvalue weighted by Crippen LogP contribution is -2.21. The van der Waals surface area contributed by atoms with Crippen molar-refractivity contribution in [2.45, 2.75) is 0 Å². The smallest absolute Gasteiger partial charge is 0.341 e. The number of hydrogen-bond acceptors (Lipinski definition) is 6. The van der Waals surface area contributed by atoms with Gasteiger partial charge >= 0.3 is 5.97 Å². The molecule has 0 heterocycles. The standard InChI is InChI=1S/C16H13FN2O6/c1-24-14-8-10(19(22)23)6-7-13(14)18-15(20)9-25-16(21)11-4-2-3-5-12(11)17/h2-8H,9H2,1H3,(H,18,20). The molecule has 0 saturated heterocycles. The summed E-state index contributed by atoms with van der Waals surface area (Å²) in [4.78, 5) is 33.7. The minimum Gasteiger partial charge on any atom is -0.494 e. The molecule has 0 bridgehead atoms. The molecule has 2 rings (SSSR count). The van der Waals surface area contributed by atoms with Crippen LogP contribution in [0.15, 0.2) is 42.5 Å². The summed E-state index contributed by atoms with van der Waals surface area (Å²) < 4.78 is 23.1. The molecular weight excluding hydrogens is 335 g/mol. The number of nitrogens with zero attached hydrogens (tertiary/aromatic N) is 1. The first-order valence-electron chi connectivity index (χ1n) is 6.96. The Morgan fingerprint density at radius 3 is 2.60 bits per heavy atom. The predicted octanol–water partition coefficient (Wildman–Crippen LogP) is 2.54. The molecule has 0 atom stereocenters. The highest BCUT2D eigenvalue weighted by Gasteiger charge is 2.16. The molecule has 0 aromatic heterocycles. The fourth-order valence-corrected chi connectivity index (χ4v) is 1.92. The van der Waals surface area contributed by atoms with E-state index in [1.54, 1.807) is 0 Å². The van der Waals surface area contributed by atoms with Crippen LogP contribution in [-0.2, 0) is 9.53 Å². The van der Waals surface area contributed by atoms with Crippen molar-refractivity contribution < 1.29 is 28.4 Å². The largest absolute Gasteiger partial charge is 0.494 e. The maximum atomic E-state index is 13.4. The molecule has 2 aromatic carbocycles. The number of esters is 1. The summed E-state index contributed by atoms with van der Waals surface area (Å²) in [5, 5.41) is 13.1. The number of carbonyl (C=O) groups excluding carboxylic acids is 2. The molecule has 9 heteroatoms. The molecule has 0 fully saturated rings. The van der Waals surface area contributed by atoms with Gasteiger partial charge in [0.05, 0.1) is 29.4 Å². The minimum atomic E-state index is -0.982. The van der Waals surface area contributed by atoms with Crippen LogP contribution in [0.25, 0.3) is 0 Å². The SMILES string of the molecule is COc1cc([N+](=O)[O-])ccc1NC(=O)COC(=O)c1ccccc1F. The van der Waals surface area contributed by atoms with E-state index in [-0.39, 0.29) is 22.7 Å². The van der Waals surface area contributed by atoms with Crippen molar-refractivity contribution in [3.8, 4) is 5.75 Å². The molecule has 0 unspecified atom stereocenters. The number of rotatable bonds is 6. The van der Waals surface area contributed by atoms with E-state index < -0.39 is 29.2 Å². The summed E-state index contributed by atoms with van der Waals surface area (Å²) in [6, 6.07) is 8.81. The van der Waals surface area contributed by atoms with Crippen LogP contribution in [0, 0.1) is 15.9 Å². The molecule has 1 amide bonds. The van der Waals surface area contributed by atoms with E-state index in [4.69, 9.17) is 9.47 Å². The summed E-state index contributed by atoms with van der Waals surface area (Å²) in [6.07, 6.45) is 0. The van der Waals surface area contributed by atoms with Crippen LogP contribution in [0.2, 0.25) is 0 Å². The number of ether oxygens (including phenoxy) is 2. The van der Waals surface area contributed by atoms with Gasteiger partial charge in [0.25, 0.3) is 11.6 Å². The number of benzene rings is 2. The summed E-state index contributed by atoms with van der Waals surface area (Å²) >= 11 is 0. The first kappa shape index (κ1) is 17.9. The second-order valence-electron chi connectivity index (χ2n) is 4.75. The summed E-state index contributed by atoms with van der Waals surface area (Å²) in [6.45, 7) is -0.659. The van der Waals surface area contributed by atoms with Crippen LogP contribution in [-0.4, -0.2) is 30.5 Å². The number of non-ortho nitro benzene ring substituents is 1. The van der Waals surface area contributed by atoms with E-state index in [2.05, 4.69) is 5.32 Å². The number of hydrogen-bond donors (Lipinski definition) is 1. The van der Waals surface area contributed by atoms with Gasteiger partial charge in [0.15, 0.2) is 6.61 Å². The maximum absolute atomic E-state index is 13.4. The van der Waals surface area contributed by atoms with Crippen molar-refractivity contribution in [3.05, 3.63) is 64.0 Å². The Balaban J connectivity index is 2.00. The highest BCUT2D eigenvalue weighted by molar-refractivity contribution is 5.96. The molecule has 0 aliphatic rings. The number of nitro groups is 1. The Kier molecular flexibility index (Phi) is 5.62. The molecule has 0 saturated carbocycles. The fourth-order valence-electron chi connectivity index (χ4n) is 1.92. The van der Waals surface area contributed by atoms with Gasteiger partial charge in [-0.15, -0.1) is 0 Å². The molecule has 0 radical (unpaired) electrons. The van der Waals surface area contributed by atoms with E-state index in [0.717, 1.165) is 12.1 Å². The van der Waals surface area contributed by atoms with Crippen molar-refractivity contribution in [1.29, 1.82) is 0 Å². The second-order valence-corrected chi connectivity index (χ2v) is 4.75. The van der Waals surface area contributed by atoms with E-state index in [1.807, 2.05) is 0 Å². The summed E-state index contributed by atoms with van der Waals surface area (Å²) in [7, 11) is 1.28. The van der Waals surface area contributed by atoms with Gasteiger partial charge in [-0.05, 0) is 18.2 Å². The number of amides is 1. The zero-order valence-corrected chi connectivity index (χ0v) is 13.0. The molecule has 130 valence electrons. The van der Waals surface area contributed by atoms with Crippen LogP contribution >= 0.6 is 0 Å². The monoisotopic (exact) mass is 348 g/mol. The van der Waals surface area contributed by atoms with Crippen molar-refractivity contribution in [2.75, 3.05) is 19.0 Å². The van der Waals surface area contributed by atoms with Crippen molar-refractivity contribution in [3.63, 3.8) is 0 Å². The van der Waals surface area contributed by atoms with Gasteiger partial charge in [-0.3, -0.25) is 14.9 Å². The third kappa shape index (κ3) is 4.50. The molecule has 8 nitrogen and oxygen atoms in total. The normalized spacial score (nSPS) is 10.0. The number of halogens is 1. The van der Waals surface area contributed by atoms with Crippen LogP contribution < -0.4 is 10.1 Å². The van der Waals surface area contributed by atoms with Crippen LogP contribution in [0.3, 0.4) is 0 Å². The Hall–Kier alpha value is -3.49. The average Bonchev–Trinajstić information content (AvgIpc) is 2.60. The number of nitrogens with one attached hydrogen (secondary N) is 1. The van der Waals surface area contributed by atoms with Crippen LogP contribution in [0.5, 0.6) is 5.75 Å². The molecular formula is C16H13FN2O6. The third-order valence-corrected chi connectivity index (χ3v) is 3.10. The quantitative estimate of drug-likeness (QED) is 0.488. The number of nitro benzene ring substituents is 1. The van der Waals surface area contributed by atoms with Gasteiger partial charge in [-0.2, -0.15) is 0 Å². The van der Waals surface area contributed by atoms with E-state index in [1.165, 1.54) is 37.4 Å². The van der Waals surface area contributed by atoms with Crippen molar-refractivity contribution >= 4 is 23.3 Å². The van der Waals surface area contributed by atoms with Crippen LogP contribution in [0.1, 0.15) is 10.4 Å². The lowest BCUT2D eigenvalue weighted by molar-refractivity contribution is -0.384. The number of carbonyl (C=O) groups is 2. The molecule has 0 aliphatic carbocycles. The Bertz CT molecular complexity index is 824. The summed E-state index contributed by atoms with van der Waals surface area (Å²) in [5.74, 6) is -2.38. The maximum Gasteiger partial charge on any atom is 0.341 e. The lowest BCUT2D eigenvalue weighted by atomic mass is 10.2.